The van der Waals surface area contributed by atoms with Gasteiger partial charge in [-0.05, 0) is 37.8 Å². The lowest BCUT2D eigenvalue weighted by molar-refractivity contribution is 0.161. The molecule has 2 amide bonds. The second kappa shape index (κ2) is 6.88. The maximum absolute atomic E-state index is 12.6. The lowest BCUT2D eigenvalue weighted by Gasteiger charge is -2.27. The summed E-state index contributed by atoms with van der Waals surface area (Å²) in [4.78, 5) is 14.6. The third-order valence-electron chi connectivity index (χ3n) is 4.44. The van der Waals surface area contributed by atoms with E-state index in [2.05, 4.69) is 5.32 Å². The van der Waals surface area contributed by atoms with Crippen LogP contribution in [0.25, 0.3) is 0 Å². The van der Waals surface area contributed by atoms with Gasteiger partial charge in [-0.1, -0.05) is 29.8 Å². The topological polar surface area (TPSA) is 41.6 Å². The van der Waals surface area contributed by atoms with E-state index < -0.39 is 0 Å². The van der Waals surface area contributed by atoms with Crippen LogP contribution in [0.15, 0.2) is 24.3 Å². The van der Waals surface area contributed by atoms with E-state index in [4.69, 9.17) is 16.3 Å². The van der Waals surface area contributed by atoms with Crippen molar-refractivity contribution in [1.82, 2.24) is 10.2 Å². The molecule has 5 heteroatoms. The van der Waals surface area contributed by atoms with Crippen molar-refractivity contribution >= 4 is 17.6 Å². The zero-order valence-electron chi connectivity index (χ0n) is 12.9. The minimum atomic E-state index is -0.0951. The Balaban J connectivity index is 1.62. The summed E-state index contributed by atoms with van der Waals surface area (Å²) in [5.41, 5.74) is 0.956. The lowest BCUT2D eigenvalue weighted by atomic mass is 10.1. The monoisotopic (exact) mass is 322 g/mol. The van der Waals surface area contributed by atoms with E-state index in [0.717, 1.165) is 44.6 Å². The van der Waals surface area contributed by atoms with Crippen molar-refractivity contribution in [3.05, 3.63) is 34.9 Å². The summed E-state index contributed by atoms with van der Waals surface area (Å²) in [6.07, 6.45) is 3.28. The van der Waals surface area contributed by atoms with Gasteiger partial charge in [-0.3, -0.25) is 0 Å². The highest BCUT2D eigenvalue weighted by molar-refractivity contribution is 6.31. The molecular formula is C17H23ClN2O2. The summed E-state index contributed by atoms with van der Waals surface area (Å²) in [6.45, 7) is 4.37. The molecule has 1 heterocycles. The number of carbonyl (C=O) groups excluding carboxylic acids is 1. The second-order valence-corrected chi connectivity index (χ2v) is 6.71. The average Bonchev–Trinajstić information content (AvgIpc) is 3.21. The summed E-state index contributed by atoms with van der Waals surface area (Å²) < 4.78 is 5.43. The van der Waals surface area contributed by atoms with Gasteiger partial charge in [0.15, 0.2) is 0 Å². The number of halogens is 1. The van der Waals surface area contributed by atoms with E-state index in [9.17, 15) is 4.79 Å². The first-order valence-corrected chi connectivity index (χ1v) is 8.42. The molecule has 1 aliphatic carbocycles. The number of rotatable bonds is 5. The van der Waals surface area contributed by atoms with Gasteiger partial charge in [0, 0.05) is 30.1 Å². The standard InChI is InChI=1S/C17H23ClN2O2/c1-12(15-4-2-3-5-16(15)18)19-17(21)20(14-6-7-14)10-13-8-9-22-11-13/h2-5,12-14H,6-11H2,1H3,(H,19,21). The Labute approximate surface area is 136 Å². The zero-order chi connectivity index (χ0) is 15.5. The summed E-state index contributed by atoms with van der Waals surface area (Å²) in [5, 5.41) is 3.79. The largest absolute Gasteiger partial charge is 0.381 e. The van der Waals surface area contributed by atoms with E-state index in [1.54, 1.807) is 0 Å². The number of nitrogens with zero attached hydrogens (tertiary/aromatic N) is 1. The Kier molecular flexibility index (Phi) is 4.89. The molecule has 1 aromatic carbocycles. The second-order valence-electron chi connectivity index (χ2n) is 6.31. The van der Waals surface area contributed by atoms with Crippen molar-refractivity contribution in [3.8, 4) is 0 Å². The van der Waals surface area contributed by atoms with Crippen molar-refractivity contribution in [3.63, 3.8) is 0 Å². The maximum atomic E-state index is 12.6. The first-order chi connectivity index (χ1) is 10.6. The molecule has 1 N–H and O–H groups in total. The van der Waals surface area contributed by atoms with Gasteiger partial charge in [0.2, 0.25) is 0 Å². The van der Waals surface area contributed by atoms with Gasteiger partial charge in [0.25, 0.3) is 0 Å². The molecule has 4 nitrogen and oxygen atoms in total. The van der Waals surface area contributed by atoms with Crippen LogP contribution in [0.2, 0.25) is 5.02 Å². The number of amides is 2. The van der Waals surface area contributed by atoms with E-state index in [-0.39, 0.29) is 12.1 Å². The molecule has 1 aliphatic heterocycles. The SMILES string of the molecule is CC(NC(=O)N(CC1CCOC1)C1CC1)c1ccccc1Cl. The third-order valence-corrected chi connectivity index (χ3v) is 4.78. The lowest BCUT2D eigenvalue weighted by Crippen LogP contribution is -2.44. The Morgan fingerprint density at radius 1 is 1.41 bits per heavy atom. The highest BCUT2D eigenvalue weighted by atomic mass is 35.5. The summed E-state index contributed by atoms with van der Waals surface area (Å²) in [6, 6.07) is 7.98. The van der Waals surface area contributed by atoms with Crippen LogP contribution >= 0.6 is 11.6 Å². The van der Waals surface area contributed by atoms with Crippen LogP contribution in [0.4, 0.5) is 4.79 Å². The van der Waals surface area contributed by atoms with Gasteiger partial charge >= 0.3 is 6.03 Å². The Bertz CT molecular complexity index is 527. The minimum absolute atomic E-state index is 0.0156. The van der Waals surface area contributed by atoms with Gasteiger partial charge in [-0.15, -0.1) is 0 Å². The van der Waals surface area contributed by atoms with Crippen LogP contribution in [-0.4, -0.2) is 36.7 Å². The zero-order valence-corrected chi connectivity index (χ0v) is 13.7. The van der Waals surface area contributed by atoms with Crippen molar-refractivity contribution in [2.75, 3.05) is 19.8 Å². The van der Waals surface area contributed by atoms with Crippen LogP contribution in [-0.2, 0) is 4.74 Å². The molecule has 2 fully saturated rings. The van der Waals surface area contributed by atoms with Crippen LogP contribution in [0, 0.1) is 5.92 Å². The molecule has 0 bridgehead atoms. The molecule has 120 valence electrons. The van der Waals surface area contributed by atoms with E-state index in [1.807, 2.05) is 36.1 Å². The van der Waals surface area contributed by atoms with Crippen molar-refractivity contribution in [2.24, 2.45) is 5.92 Å². The van der Waals surface area contributed by atoms with Crippen LogP contribution in [0.1, 0.15) is 37.8 Å². The fraction of sp³-hybridized carbons (Fsp3) is 0.588. The van der Waals surface area contributed by atoms with E-state index in [0.29, 0.717) is 17.0 Å². The van der Waals surface area contributed by atoms with Gasteiger partial charge in [0.1, 0.15) is 0 Å². The number of urea groups is 1. The van der Waals surface area contributed by atoms with Gasteiger partial charge in [-0.2, -0.15) is 0 Å². The van der Waals surface area contributed by atoms with Crippen LogP contribution < -0.4 is 5.32 Å². The molecule has 2 aliphatic rings. The first kappa shape index (κ1) is 15.6. The predicted octanol–water partition coefficient (Wildman–Crippen LogP) is 3.61. The number of hydrogen-bond donors (Lipinski definition) is 1. The normalized spacial score (nSPS) is 22.4. The molecule has 1 aromatic rings. The number of carbonyl (C=O) groups is 1. The van der Waals surface area contributed by atoms with Gasteiger partial charge < -0.3 is 15.0 Å². The predicted molar refractivity (Wildman–Crippen MR) is 87.1 cm³/mol. The number of nitrogens with one attached hydrogen (secondary N) is 1. The third kappa shape index (κ3) is 3.73. The Morgan fingerprint density at radius 3 is 2.82 bits per heavy atom. The number of benzene rings is 1. The molecule has 1 saturated carbocycles. The van der Waals surface area contributed by atoms with Crippen LogP contribution in [0.5, 0.6) is 0 Å². The maximum Gasteiger partial charge on any atom is 0.318 e. The summed E-state index contributed by atoms with van der Waals surface area (Å²) in [5.74, 6) is 0.474. The summed E-state index contributed by atoms with van der Waals surface area (Å²) in [7, 11) is 0. The van der Waals surface area contributed by atoms with Crippen LogP contribution in [0.3, 0.4) is 0 Å². The Morgan fingerprint density at radius 2 is 2.18 bits per heavy atom. The Hall–Kier alpha value is -1.26. The average molecular weight is 323 g/mol. The molecule has 1 saturated heterocycles. The van der Waals surface area contributed by atoms with Gasteiger partial charge in [0.05, 0.1) is 12.6 Å². The summed E-state index contributed by atoms with van der Waals surface area (Å²) >= 11 is 6.21. The fourth-order valence-corrected chi connectivity index (χ4v) is 3.26. The smallest absolute Gasteiger partial charge is 0.318 e. The quantitative estimate of drug-likeness (QED) is 0.899. The fourth-order valence-electron chi connectivity index (χ4n) is 2.96. The van der Waals surface area contributed by atoms with Crippen molar-refractivity contribution < 1.29 is 9.53 Å². The van der Waals surface area contributed by atoms with Gasteiger partial charge in [-0.25, -0.2) is 4.79 Å². The molecule has 2 atom stereocenters. The molecule has 0 spiro atoms. The van der Waals surface area contributed by atoms with Crippen molar-refractivity contribution in [2.45, 2.75) is 38.3 Å². The minimum Gasteiger partial charge on any atom is -0.381 e. The van der Waals surface area contributed by atoms with Crippen molar-refractivity contribution in [1.29, 1.82) is 0 Å². The highest BCUT2D eigenvalue weighted by Crippen LogP contribution is 2.30. The van der Waals surface area contributed by atoms with E-state index in [1.165, 1.54) is 0 Å². The molecular weight excluding hydrogens is 300 g/mol. The highest BCUT2D eigenvalue weighted by Gasteiger charge is 2.35. The molecule has 0 radical (unpaired) electrons. The molecule has 0 aromatic heterocycles. The molecule has 3 rings (SSSR count). The number of hydrogen-bond acceptors (Lipinski definition) is 2. The molecule has 2 unspecified atom stereocenters. The first-order valence-electron chi connectivity index (χ1n) is 8.04. The molecule has 22 heavy (non-hydrogen) atoms. The van der Waals surface area contributed by atoms with E-state index >= 15 is 0 Å². The number of ether oxygens (including phenoxy) is 1.